The van der Waals surface area contributed by atoms with Gasteiger partial charge in [-0.3, -0.25) is 19.2 Å². The van der Waals surface area contributed by atoms with Crippen molar-refractivity contribution < 1.29 is 29.4 Å². The van der Waals surface area contributed by atoms with Gasteiger partial charge in [-0.2, -0.15) is 0 Å². The van der Waals surface area contributed by atoms with Crippen molar-refractivity contribution >= 4 is 204 Å². The van der Waals surface area contributed by atoms with Gasteiger partial charge in [0.15, 0.2) is 22.6 Å². The number of amides is 4. The number of carbonyl (C=O) groups is 4. The fourth-order valence-electron chi connectivity index (χ4n) is 16.5. The number of carbonyl (C=O) groups excluding carboxylic acids is 4. The summed E-state index contributed by atoms with van der Waals surface area (Å²) in [5.41, 5.74) is 4.09. The van der Waals surface area contributed by atoms with Gasteiger partial charge in [0.25, 0.3) is 23.6 Å². The van der Waals surface area contributed by atoms with E-state index in [1.165, 1.54) is 93.3 Å². The lowest BCUT2D eigenvalue weighted by Gasteiger charge is -2.36. The van der Waals surface area contributed by atoms with Crippen molar-refractivity contribution in [1.29, 1.82) is 0 Å². The minimum absolute atomic E-state index is 0.176. The number of aliphatic hydroxyl groups excluding tert-OH is 2. The van der Waals surface area contributed by atoms with Crippen LogP contribution in [0.3, 0.4) is 0 Å². The lowest BCUT2D eigenvalue weighted by atomic mass is 9.93. The van der Waals surface area contributed by atoms with Crippen LogP contribution in [-0.2, 0) is 0 Å². The summed E-state index contributed by atoms with van der Waals surface area (Å²) in [6.07, 6.45) is 19.3. The smallest absolute Gasteiger partial charge is 0.255 e. The topological polar surface area (TPSA) is 252 Å². The van der Waals surface area contributed by atoms with Gasteiger partial charge in [-0.15, -0.1) is 11.6 Å². The first kappa shape index (κ1) is 109. The molecule has 8 N–H and O–H groups in total. The summed E-state index contributed by atoms with van der Waals surface area (Å²) >= 11 is 59.7. The number of alkyl halides is 1. The van der Waals surface area contributed by atoms with Gasteiger partial charge in [0.2, 0.25) is 0 Å². The zero-order valence-electron chi connectivity index (χ0n) is 77.2. The zero-order valence-corrected chi connectivity index (χ0v) is 85.6. The van der Waals surface area contributed by atoms with E-state index in [9.17, 15) is 19.2 Å². The van der Waals surface area contributed by atoms with Gasteiger partial charge in [-0.25, -0.2) is 19.9 Å². The van der Waals surface area contributed by atoms with E-state index in [-0.39, 0.29) is 35.4 Å². The third kappa shape index (κ3) is 36.8. The largest absolute Gasteiger partial charge is 0.396 e. The van der Waals surface area contributed by atoms with Crippen molar-refractivity contribution in [3.05, 3.63) is 305 Å². The molecule has 7 aromatic carbocycles. The van der Waals surface area contributed by atoms with Gasteiger partial charge in [0.1, 0.15) is 0 Å². The van der Waals surface area contributed by atoms with E-state index in [2.05, 4.69) is 186 Å². The van der Waals surface area contributed by atoms with E-state index in [4.69, 9.17) is 126 Å². The molecule has 0 atom stereocenters. The van der Waals surface area contributed by atoms with E-state index in [1.807, 2.05) is 0 Å². The molecule has 6 aliphatic rings. The molecular weight excluding hydrogens is 1950 g/mol. The molecular formula is C104H121Cl10N16O6P. The van der Waals surface area contributed by atoms with Gasteiger partial charge in [0.05, 0.1) is 42.8 Å². The molecule has 0 radical (unpaired) electrons. The van der Waals surface area contributed by atoms with Crippen LogP contribution in [-0.4, -0.2) is 213 Å². The molecule has 137 heavy (non-hydrogen) atoms. The highest BCUT2D eigenvalue weighted by Gasteiger charge is 2.29. The molecule has 11 aromatic rings. The van der Waals surface area contributed by atoms with Gasteiger partial charge >= 0.3 is 0 Å². The maximum atomic E-state index is 12.8. The molecule has 0 bridgehead atoms. The molecule has 728 valence electrons. The monoisotopic (exact) mass is 2070 g/mol. The summed E-state index contributed by atoms with van der Waals surface area (Å²) in [6, 6.07) is 66.2. The second-order valence-electron chi connectivity index (χ2n) is 34.2. The Labute approximate surface area is 857 Å². The Morgan fingerprint density at radius 1 is 0.336 bits per heavy atom. The second kappa shape index (κ2) is 58.6. The second-order valence-corrected chi connectivity index (χ2v) is 40.7. The summed E-state index contributed by atoms with van der Waals surface area (Å²) in [5.74, 6) is 4.60. The van der Waals surface area contributed by atoms with Gasteiger partial charge in [-0.05, 0) is 255 Å². The molecule has 17 rings (SSSR count). The SMILES string of the molecule is CN1CCN(CCC2CCN(c3ncc(Cl)cc3NC(=O)c3cccc(Cl)c3)CC2)CC1.CN1CCNCC1.O=C(Nc1cc(Cl)cnc1Cl)c1cccc(Cl)c1.O=C(Nc1cc(Cl)cnc1N1CCC(CCCl)CC1)c1cccc(Cl)c1.O=C(Nc1cc(Cl)cnc1N1CCC(CCO)CC1)c1cccc(Cl)c1.OCCC1CCNCC1.c1ccc(P(c2ccccc2)c2ccccc2)cc1. The van der Waals surface area contributed by atoms with Crippen LogP contribution in [0.5, 0.6) is 0 Å². The highest BCUT2D eigenvalue weighted by atomic mass is 35.5. The fourth-order valence-corrected chi connectivity index (χ4v) is 20.7. The number of halogens is 10. The van der Waals surface area contributed by atoms with Gasteiger partial charge < -0.3 is 71.5 Å². The number of benzene rings is 7. The van der Waals surface area contributed by atoms with Crippen LogP contribution in [0, 0.1) is 23.7 Å². The maximum absolute atomic E-state index is 12.8. The number of hydrogen-bond donors (Lipinski definition) is 8. The summed E-state index contributed by atoms with van der Waals surface area (Å²) in [6.45, 7) is 18.8. The van der Waals surface area contributed by atoms with Crippen molar-refractivity contribution in [2.24, 2.45) is 23.7 Å². The molecule has 0 unspecified atom stereocenters. The first-order valence-electron chi connectivity index (χ1n) is 46.5. The summed E-state index contributed by atoms with van der Waals surface area (Å²) in [5, 5.41) is 43.9. The third-order valence-electron chi connectivity index (χ3n) is 24.3. The van der Waals surface area contributed by atoms with E-state index in [0.29, 0.717) is 115 Å². The molecule has 0 spiro atoms. The highest BCUT2D eigenvalue weighted by molar-refractivity contribution is 7.79. The average molecular weight is 2080 g/mol. The normalized spacial score (nSPS) is 15.7. The number of likely N-dealkylation sites (N-methyl/N-ethyl adjacent to an activating group) is 2. The van der Waals surface area contributed by atoms with Crippen molar-refractivity contribution in [1.82, 2.24) is 45.3 Å². The number of nitrogens with zero attached hydrogens (tertiary/aromatic N) is 10. The van der Waals surface area contributed by atoms with E-state index in [0.717, 1.165) is 147 Å². The molecule has 22 nitrogen and oxygen atoms in total. The zero-order chi connectivity index (χ0) is 97.2. The molecule has 10 heterocycles. The molecule has 4 amide bonds. The lowest BCUT2D eigenvalue weighted by Crippen LogP contribution is -2.45. The first-order chi connectivity index (χ1) is 66.4. The number of piperidine rings is 4. The quantitative estimate of drug-likeness (QED) is 0.0168. The predicted molar refractivity (Wildman–Crippen MR) is 573 cm³/mol. The first-order valence-corrected chi connectivity index (χ1v) is 51.8. The average Bonchev–Trinajstić information content (AvgIpc) is 0.799. The van der Waals surface area contributed by atoms with E-state index in [1.54, 1.807) is 134 Å². The van der Waals surface area contributed by atoms with Crippen molar-refractivity contribution in [2.75, 3.05) is 180 Å². The van der Waals surface area contributed by atoms with Crippen LogP contribution in [0.4, 0.5) is 40.2 Å². The van der Waals surface area contributed by atoms with Crippen molar-refractivity contribution in [3.63, 3.8) is 0 Å². The van der Waals surface area contributed by atoms with Gasteiger partial charge in [0, 0.05) is 178 Å². The number of piperazine rings is 2. The lowest BCUT2D eigenvalue weighted by molar-refractivity contribution is 0.101. The van der Waals surface area contributed by atoms with Gasteiger partial charge in [-0.1, -0.05) is 220 Å². The number of nitrogens with one attached hydrogen (secondary N) is 6. The van der Waals surface area contributed by atoms with Crippen LogP contribution in [0.2, 0.25) is 45.3 Å². The summed E-state index contributed by atoms with van der Waals surface area (Å²) < 4.78 is 0. The number of aliphatic hydroxyl groups is 2. The molecule has 6 saturated heterocycles. The van der Waals surface area contributed by atoms with Crippen molar-refractivity contribution in [2.45, 2.75) is 77.0 Å². The van der Waals surface area contributed by atoms with Crippen LogP contribution in [0.15, 0.2) is 237 Å². The van der Waals surface area contributed by atoms with E-state index >= 15 is 0 Å². The molecule has 6 fully saturated rings. The minimum atomic E-state index is -0.446. The van der Waals surface area contributed by atoms with Crippen LogP contribution in [0.1, 0.15) is 118 Å². The Bertz CT molecular complexity index is 5320. The Morgan fingerprint density at radius 2 is 0.635 bits per heavy atom. The number of hydrogen-bond acceptors (Lipinski definition) is 18. The number of pyridine rings is 4. The maximum Gasteiger partial charge on any atom is 0.255 e. The summed E-state index contributed by atoms with van der Waals surface area (Å²) in [7, 11) is 3.91. The predicted octanol–water partition coefficient (Wildman–Crippen LogP) is 21.8. The fraction of sp³-hybridized carbons (Fsp3) is 0.365. The Hall–Kier alpha value is -8.53. The summed E-state index contributed by atoms with van der Waals surface area (Å²) in [4.78, 5) is 81.0. The Morgan fingerprint density at radius 3 is 0.956 bits per heavy atom. The number of aromatic nitrogens is 4. The van der Waals surface area contributed by atoms with Crippen LogP contribution in [0.25, 0.3) is 0 Å². The molecule has 33 heteroatoms. The van der Waals surface area contributed by atoms with E-state index < -0.39 is 7.92 Å². The number of anilines is 7. The molecule has 0 aliphatic carbocycles. The van der Waals surface area contributed by atoms with Crippen molar-refractivity contribution in [3.8, 4) is 0 Å². The molecule has 0 saturated carbocycles. The Balaban J connectivity index is 0.000000159. The Kier molecular flexibility index (Phi) is 46.6. The third-order valence-corrected chi connectivity index (χ3v) is 29.0. The molecule has 4 aromatic heterocycles. The molecule has 6 aliphatic heterocycles. The van der Waals surface area contributed by atoms with Crippen LogP contribution < -0.4 is 62.5 Å². The number of rotatable bonds is 23. The standard InChI is InChI=1S/C24H31Cl2N5O.C19H20Cl3N3O.C19H21Cl2N3O2.C18H15P.C12H7Cl3N2O.C7H15NO.C5H12N2/c1-29-11-13-30(14-12-29)8-5-18-6-9-31(10-7-18)23-22(16-21(26)17-27-23)28-24(32)19-3-2-4-20(25)15-19;20-7-4-13-5-8-25(9-6-13)18-17(11-16(22)12-23-18)24-19(26)14-2-1-3-15(21)10-14;20-15-3-1-2-14(10-15)19(26)23-17-11-16(21)12-22-18(17)24-7-4-13(5-8-24)6-9-25;1-4-10-16(11-5-1)19(17-12-6-2-7-13-17)18-14-8-3-9-15-18;13-8-3-1-2-7(4-8)12(18)17-10-5-9(14)6-16-11(10)15;9-6-3-7-1-4-8-5-2-7;1-7-4-2-6-3-5-7/h2-4,15-18H,5-14H2,1H3,(H,28,32);1-3,10-13H,4-9H2,(H,24,26);1-3,10-13,25H,4-9H2,(H,23,26);1-15H;1-6H,(H,17,18);7-9H,1-6H2;6H,2-5H2,1H3. The highest BCUT2D eigenvalue weighted by Crippen LogP contribution is 2.38. The minimum Gasteiger partial charge on any atom is -0.396 e. The van der Waals surface area contributed by atoms with Crippen LogP contribution >= 0.6 is 124 Å².